The van der Waals surface area contributed by atoms with Crippen LogP contribution >= 0.6 is 12.6 Å². The van der Waals surface area contributed by atoms with Crippen LogP contribution in [0.2, 0.25) is 0 Å². The summed E-state index contributed by atoms with van der Waals surface area (Å²) in [5.74, 6) is 0. The largest absolute Gasteiger partial charge is 0.183 e. The van der Waals surface area contributed by atoms with Gasteiger partial charge in [-0.05, 0) is 38.0 Å². The highest BCUT2D eigenvalue weighted by atomic mass is 32.1. The maximum absolute atomic E-state index is 4.00. The van der Waals surface area contributed by atoms with E-state index in [1.54, 1.807) is 6.26 Å². The van der Waals surface area contributed by atoms with Crippen molar-refractivity contribution in [3.63, 3.8) is 0 Å². The normalized spacial score (nSPS) is 7.81. The van der Waals surface area contributed by atoms with Crippen LogP contribution in [0, 0.1) is 12.8 Å². The number of benzene rings is 1. The topological polar surface area (TPSA) is 0 Å². The molecule has 88 valence electrons. The Morgan fingerprint density at radius 2 is 1.69 bits per heavy atom. The van der Waals surface area contributed by atoms with Crippen LogP contribution in [0.5, 0.6) is 0 Å². The van der Waals surface area contributed by atoms with E-state index in [1.807, 2.05) is 0 Å². The highest BCUT2D eigenvalue weighted by Gasteiger charge is 1.91. The summed E-state index contributed by atoms with van der Waals surface area (Å²) in [6.07, 6.45) is 13.2. The monoisotopic (exact) mass is 234 g/mol. The Hall–Kier alpha value is -1.13. The van der Waals surface area contributed by atoms with Crippen molar-refractivity contribution in [1.82, 2.24) is 0 Å². The Balaban J connectivity index is 0. The second kappa shape index (κ2) is 13.9. The lowest BCUT2D eigenvalue weighted by Crippen LogP contribution is -1.84. The van der Waals surface area contributed by atoms with Crippen molar-refractivity contribution in [3.05, 3.63) is 48.0 Å². The number of terminal acetylenes is 1. The van der Waals surface area contributed by atoms with Gasteiger partial charge in [0.1, 0.15) is 0 Å². The van der Waals surface area contributed by atoms with E-state index in [2.05, 4.69) is 69.3 Å². The van der Waals surface area contributed by atoms with Gasteiger partial charge in [0.2, 0.25) is 0 Å². The molecule has 1 aromatic rings. The molecule has 1 aromatic carbocycles. The van der Waals surface area contributed by atoms with Crippen LogP contribution in [-0.4, -0.2) is 6.26 Å². The minimum Gasteiger partial charge on any atom is -0.183 e. The predicted molar refractivity (Wildman–Crippen MR) is 79.0 cm³/mol. The number of allylic oxidation sites excluding steroid dienone is 1. The quantitative estimate of drug-likeness (QED) is 0.446. The molecule has 0 spiro atoms. The first-order valence-electron chi connectivity index (χ1n) is 5.25. The fourth-order valence-corrected chi connectivity index (χ4v) is 1.24. The molecule has 0 amide bonds. The molecule has 0 unspecified atom stereocenters. The van der Waals surface area contributed by atoms with Gasteiger partial charge in [-0.2, -0.15) is 12.6 Å². The van der Waals surface area contributed by atoms with E-state index in [-0.39, 0.29) is 0 Å². The van der Waals surface area contributed by atoms with Crippen molar-refractivity contribution in [3.8, 4) is 12.8 Å². The van der Waals surface area contributed by atoms with E-state index in [9.17, 15) is 0 Å². The van der Waals surface area contributed by atoms with Crippen LogP contribution in [-0.2, 0) is 6.42 Å². The van der Waals surface area contributed by atoms with Crippen LogP contribution in [0.4, 0.5) is 0 Å². The molecule has 0 heterocycles. The first kappa shape index (κ1) is 17.3. The molecule has 0 radical (unpaired) electrons. The fraction of sp³-hybridized carbons (Fsp3) is 0.333. The lowest BCUT2D eigenvalue weighted by Gasteiger charge is -2.00. The van der Waals surface area contributed by atoms with E-state index in [1.165, 1.54) is 24.0 Å². The zero-order chi connectivity index (χ0) is 12.8. The van der Waals surface area contributed by atoms with Gasteiger partial charge in [0, 0.05) is 0 Å². The van der Waals surface area contributed by atoms with Gasteiger partial charge < -0.3 is 0 Å². The van der Waals surface area contributed by atoms with Gasteiger partial charge in [-0.3, -0.25) is 0 Å². The number of thiol groups is 1. The summed E-state index contributed by atoms with van der Waals surface area (Å²) >= 11 is 3.53. The molecule has 0 aliphatic rings. The zero-order valence-electron chi connectivity index (χ0n) is 10.3. The fourth-order valence-electron chi connectivity index (χ4n) is 1.24. The molecule has 0 fully saturated rings. The minimum atomic E-state index is 1.15. The number of hydrogen-bond donors (Lipinski definition) is 1. The molecule has 0 N–H and O–H groups in total. The molecule has 0 atom stereocenters. The average molecular weight is 234 g/mol. The Kier molecular flexibility index (Phi) is 15.0. The molecule has 0 saturated heterocycles. The van der Waals surface area contributed by atoms with Gasteiger partial charge in [0.25, 0.3) is 0 Å². The van der Waals surface area contributed by atoms with Gasteiger partial charge in [-0.15, -0.1) is 19.4 Å². The van der Waals surface area contributed by atoms with Crippen molar-refractivity contribution < 1.29 is 0 Å². The first-order valence-corrected chi connectivity index (χ1v) is 6.15. The van der Waals surface area contributed by atoms with E-state index in [4.69, 9.17) is 0 Å². The molecular weight excluding hydrogens is 212 g/mol. The van der Waals surface area contributed by atoms with Gasteiger partial charge in [-0.1, -0.05) is 35.9 Å². The number of rotatable bonds is 4. The molecule has 0 aromatic heterocycles. The average Bonchev–Trinajstić information content (AvgIpc) is 2.35. The smallest absolute Gasteiger partial charge is 0.0215 e. The standard InChI is InChI=1S/C12H16.C2H2.CH4S/c1-11(2)7-6-10-12-8-4-3-5-9-12;2*1-2/h3-5,8-9H,1,6-7,10H2,2H3;1-2H;2H,1H3. The van der Waals surface area contributed by atoms with Crippen molar-refractivity contribution in [2.75, 3.05) is 6.26 Å². The highest BCUT2D eigenvalue weighted by molar-refractivity contribution is 7.79. The van der Waals surface area contributed by atoms with E-state index >= 15 is 0 Å². The van der Waals surface area contributed by atoms with Gasteiger partial charge in [0.05, 0.1) is 0 Å². The van der Waals surface area contributed by atoms with Crippen molar-refractivity contribution in [1.29, 1.82) is 0 Å². The summed E-state index contributed by atoms with van der Waals surface area (Å²) < 4.78 is 0. The zero-order valence-corrected chi connectivity index (χ0v) is 11.2. The van der Waals surface area contributed by atoms with Gasteiger partial charge in [0.15, 0.2) is 0 Å². The maximum Gasteiger partial charge on any atom is -0.0215 e. The third-order valence-electron chi connectivity index (χ3n) is 1.91. The molecule has 1 heteroatoms. The van der Waals surface area contributed by atoms with Crippen molar-refractivity contribution in [2.24, 2.45) is 0 Å². The molecule has 0 bridgehead atoms. The molecule has 16 heavy (non-hydrogen) atoms. The van der Waals surface area contributed by atoms with Crippen LogP contribution in [0.1, 0.15) is 25.3 Å². The molecule has 0 aliphatic carbocycles. The van der Waals surface area contributed by atoms with Gasteiger partial charge in [-0.25, -0.2) is 0 Å². The SMILES string of the molecule is C#C.C=C(C)CCCc1ccccc1.CS. The van der Waals surface area contributed by atoms with Crippen molar-refractivity contribution in [2.45, 2.75) is 26.2 Å². The molecule has 0 nitrogen and oxygen atoms in total. The lowest BCUT2D eigenvalue weighted by atomic mass is 10.1. The molecular formula is C15H22S. The second-order valence-electron chi connectivity index (χ2n) is 3.30. The second-order valence-corrected chi connectivity index (χ2v) is 3.30. The summed E-state index contributed by atoms with van der Waals surface area (Å²) in [6.45, 7) is 5.97. The third-order valence-corrected chi connectivity index (χ3v) is 1.91. The Labute approximate surface area is 106 Å². The van der Waals surface area contributed by atoms with Crippen LogP contribution in [0.25, 0.3) is 0 Å². The molecule has 0 aliphatic heterocycles. The number of hydrogen-bond acceptors (Lipinski definition) is 1. The first-order chi connectivity index (χ1) is 7.79. The van der Waals surface area contributed by atoms with E-state index < -0.39 is 0 Å². The summed E-state index contributed by atoms with van der Waals surface area (Å²) in [5.41, 5.74) is 2.71. The summed E-state index contributed by atoms with van der Waals surface area (Å²) in [6, 6.07) is 10.6. The van der Waals surface area contributed by atoms with Crippen LogP contribution in [0.3, 0.4) is 0 Å². The minimum absolute atomic E-state index is 1.15. The number of aryl methyl sites for hydroxylation is 1. The highest BCUT2D eigenvalue weighted by Crippen LogP contribution is 2.07. The van der Waals surface area contributed by atoms with Crippen LogP contribution in [0.15, 0.2) is 42.5 Å². The Bertz CT molecular complexity index is 272. The van der Waals surface area contributed by atoms with Gasteiger partial charge >= 0.3 is 0 Å². The maximum atomic E-state index is 4.00. The summed E-state index contributed by atoms with van der Waals surface area (Å²) in [4.78, 5) is 0. The summed E-state index contributed by atoms with van der Waals surface area (Å²) in [7, 11) is 0. The Morgan fingerprint density at radius 1 is 1.19 bits per heavy atom. The Morgan fingerprint density at radius 3 is 2.12 bits per heavy atom. The molecule has 1 rings (SSSR count). The molecule has 0 saturated carbocycles. The predicted octanol–water partition coefficient (Wildman–Crippen LogP) is 4.38. The third kappa shape index (κ3) is 10.9. The lowest BCUT2D eigenvalue weighted by molar-refractivity contribution is 0.814. The van der Waals surface area contributed by atoms with E-state index in [0.29, 0.717) is 0 Å². The van der Waals surface area contributed by atoms with Crippen LogP contribution < -0.4 is 0 Å². The van der Waals surface area contributed by atoms with Crippen molar-refractivity contribution >= 4 is 12.6 Å². The van der Waals surface area contributed by atoms with E-state index in [0.717, 1.165) is 6.42 Å². The summed E-state index contributed by atoms with van der Waals surface area (Å²) in [5, 5.41) is 0.